The van der Waals surface area contributed by atoms with Crippen molar-refractivity contribution < 1.29 is 0 Å². The Kier molecular flexibility index (Phi) is 3.41. The van der Waals surface area contributed by atoms with Gasteiger partial charge >= 0.3 is 0 Å². The first-order valence-corrected chi connectivity index (χ1v) is 5.98. The highest BCUT2D eigenvalue weighted by atomic mass is 35.5. The fraction of sp³-hybridized carbons (Fsp3) is 0.300. The lowest BCUT2D eigenvalue weighted by molar-refractivity contribution is 0.794. The maximum absolute atomic E-state index is 5.87. The number of hydrogen-bond donors (Lipinski definition) is 2. The molecule has 2 heterocycles. The molecule has 0 aliphatic rings. The Morgan fingerprint density at radius 3 is 3.00 bits per heavy atom. The minimum atomic E-state index is 0.695. The van der Waals surface area contributed by atoms with Gasteiger partial charge in [0.15, 0.2) is 0 Å². The smallest absolute Gasteiger partial charge is 0.106 e. The van der Waals surface area contributed by atoms with E-state index in [-0.39, 0.29) is 0 Å². The van der Waals surface area contributed by atoms with Crippen LogP contribution in [-0.4, -0.2) is 16.5 Å². The van der Waals surface area contributed by atoms with E-state index in [0.29, 0.717) is 6.54 Å². The molecule has 0 saturated carbocycles. The average Bonchev–Trinajstić information content (AvgIpc) is 2.83. The Labute approximate surface area is 97.3 Å². The minimum Gasteiger partial charge on any atom is -0.341 e. The summed E-state index contributed by atoms with van der Waals surface area (Å²) < 4.78 is 0.795. The Morgan fingerprint density at radius 2 is 2.33 bits per heavy atom. The summed E-state index contributed by atoms with van der Waals surface area (Å²) in [6, 6.07) is 3.88. The van der Waals surface area contributed by atoms with Crippen molar-refractivity contribution in [3.8, 4) is 10.6 Å². The summed E-state index contributed by atoms with van der Waals surface area (Å²) >= 11 is 7.42. The van der Waals surface area contributed by atoms with Gasteiger partial charge < -0.3 is 10.7 Å². The third-order valence-corrected chi connectivity index (χ3v) is 3.35. The lowest BCUT2D eigenvalue weighted by Gasteiger charge is -1.93. The summed E-state index contributed by atoms with van der Waals surface area (Å²) in [5.41, 5.74) is 6.47. The summed E-state index contributed by atoms with van der Waals surface area (Å²) in [4.78, 5) is 8.67. The molecule has 5 heteroatoms. The van der Waals surface area contributed by atoms with Crippen LogP contribution in [0.2, 0.25) is 4.34 Å². The van der Waals surface area contributed by atoms with Crippen LogP contribution in [0.3, 0.4) is 0 Å². The van der Waals surface area contributed by atoms with Gasteiger partial charge in [-0.3, -0.25) is 0 Å². The van der Waals surface area contributed by atoms with Crippen LogP contribution in [0.5, 0.6) is 0 Å². The van der Waals surface area contributed by atoms with Crippen LogP contribution < -0.4 is 5.73 Å². The number of H-pyrrole nitrogens is 1. The molecule has 0 aromatic carbocycles. The first-order chi connectivity index (χ1) is 7.29. The molecule has 15 heavy (non-hydrogen) atoms. The summed E-state index contributed by atoms with van der Waals surface area (Å²) in [6.07, 6.45) is 3.70. The normalized spacial score (nSPS) is 10.8. The molecule has 2 aromatic rings. The maximum atomic E-state index is 5.87. The van der Waals surface area contributed by atoms with Gasteiger partial charge in [-0.05, 0) is 25.1 Å². The maximum Gasteiger partial charge on any atom is 0.106 e. The average molecular weight is 242 g/mol. The molecule has 0 aliphatic heterocycles. The zero-order chi connectivity index (χ0) is 10.7. The summed E-state index contributed by atoms with van der Waals surface area (Å²) in [5, 5.41) is 0. The van der Waals surface area contributed by atoms with Crippen molar-refractivity contribution in [2.45, 2.75) is 12.8 Å². The van der Waals surface area contributed by atoms with Gasteiger partial charge in [-0.25, -0.2) is 4.98 Å². The van der Waals surface area contributed by atoms with E-state index in [4.69, 9.17) is 17.3 Å². The fourth-order valence-electron chi connectivity index (χ4n) is 1.34. The van der Waals surface area contributed by atoms with Crippen LogP contribution in [0, 0.1) is 0 Å². The highest BCUT2D eigenvalue weighted by Gasteiger charge is 2.05. The largest absolute Gasteiger partial charge is 0.341 e. The number of aromatic amines is 1. The van der Waals surface area contributed by atoms with Crippen LogP contribution >= 0.6 is 22.9 Å². The molecule has 0 aliphatic carbocycles. The predicted molar refractivity (Wildman–Crippen MR) is 64.3 cm³/mol. The van der Waals surface area contributed by atoms with E-state index >= 15 is 0 Å². The molecule has 2 aromatic heterocycles. The van der Waals surface area contributed by atoms with Crippen LogP contribution in [0.4, 0.5) is 0 Å². The number of imidazole rings is 1. The standard InChI is InChI=1S/C10H12ClN3S/c11-9-4-3-8(15-9)7-6-13-10(14-7)2-1-5-12/h3-4,6H,1-2,5,12H2,(H,13,14). The lowest BCUT2D eigenvalue weighted by atomic mass is 10.3. The van der Waals surface area contributed by atoms with Crippen LogP contribution in [0.25, 0.3) is 10.6 Å². The third kappa shape index (κ3) is 2.59. The Bertz CT molecular complexity index is 435. The molecule has 0 fully saturated rings. The SMILES string of the molecule is NCCCc1ncc(-c2ccc(Cl)s2)[nH]1. The third-order valence-electron chi connectivity index (χ3n) is 2.08. The van der Waals surface area contributed by atoms with Gasteiger partial charge in [-0.1, -0.05) is 11.6 Å². The second kappa shape index (κ2) is 4.79. The van der Waals surface area contributed by atoms with Gasteiger partial charge in [-0.15, -0.1) is 11.3 Å². The topological polar surface area (TPSA) is 54.7 Å². The van der Waals surface area contributed by atoms with Gasteiger partial charge in [-0.2, -0.15) is 0 Å². The zero-order valence-corrected chi connectivity index (χ0v) is 9.74. The Morgan fingerprint density at radius 1 is 1.47 bits per heavy atom. The molecule has 0 radical (unpaired) electrons. The number of aromatic nitrogens is 2. The quantitative estimate of drug-likeness (QED) is 0.865. The molecule has 0 saturated heterocycles. The molecule has 3 N–H and O–H groups in total. The number of aryl methyl sites for hydroxylation is 1. The van der Waals surface area contributed by atoms with Gasteiger partial charge in [0.2, 0.25) is 0 Å². The minimum absolute atomic E-state index is 0.695. The summed E-state index contributed by atoms with van der Waals surface area (Å²) in [5.74, 6) is 0.986. The van der Waals surface area contributed by atoms with Crippen LogP contribution in [0.1, 0.15) is 12.2 Å². The van der Waals surface area contributed by atoms with E-state index in [0.717, 1.165) is 33.6 Å². The highest BCUT2D eigenvalue weighted by Crippen LogP contribution is 2.29. The van der Waals surface area contributed by atoms with Gasteiger partial charge in [0.1, 0.15) is 5.82 Å². The second-order valence-electron chi connectivity index (χ2n) is 3.24. The number of nitrogens with two attached hydrogens (primary N) is 1. The van der Waals surface area contributed by atoms with Crippen molar-refractivity contribution in [3.63, 3.8) is 0 Å². The molecule has 0 bridgehead atoms. The molecular formula is C10H12ClN3S. The van der Waals surface area contributed by atoms with E-state index in [1.165, 1.54) is 0 Å². The number of rotatable bonds is 4. The monoisotopic (exact) mass is 241 g/mol. The molecule has 0 atom stereocenters. The van der Waals surface area contributed by atoms with E-state index in [1.807, 2.05) is 18.3 Å². The molecule has 0 spiro atoms. The van der Waals surface area contributed by atoms with Gasteiger partial charge in [0, 0.05) is 6.42 Å². The summed E-state index contributed by atoms with van der Waals surface area (Å²) in [6.45, 7) is 0.695. The van der Waals surface area contributed by atoms with Crippen molar-refractivity contribution in [3.05, 3.63) is 28.5 Å². The van der Waals surface area contributed by atoms with E-state index in [1.54, 1.807) is 11.3 Å². The van der Waals surface area contributed by atoms with E-state index in [2.05, 4.69) is 9.97 Å². The fourth-order valence-corrected chi connectivity index (χ4v) is 2.35. The number of nitrogens with zero attached hydrogens (tertiary/aromatic N) is 1. The Hall–Kier alpha value is -0.840. The molecule has 0 amide bonds. The van der Waals surface area contributed by atoms with Crippen molar-refractivity contribution in [2.24, 2.45) is 5.73 Å². The molecule has 3 nitrogen and oxygen atoms in total. The van der Waals surface area contributed by atoms with Gasteiger partial charge in [0.05, 0.1) is 21.1 Å². The van der Waals surface area contributed by atoms with Gasteiger partial charge in [0.25, 0.3) is 0 Å². The van der Waals surface area contributed by atoms with Crippen molar-refractivity contribution >= 4 is 22.9 Å². The number of halogens is 1. The molecule has 2 rings (SSSR count). The number of nitrogens with one attached hydrogen (secondary N) is 1. The molecule has 80 valence electrons. The molecular weight excluding hydrogens is 230 g/mol. The van der Waals surface area contributed by atoms with Crippen LogP contribution in [-0.2, 0) is 6.42 Å². The first-order valence-electron chi connectivity index (χ1n) is 4.79. The predicted octanol–water partition coefficient (Wildman–Crippen LogP) is 2.68. The first kappa shape index (κ1) is 10.7. The van der Waals surface area contributed by atoms with E-state index < -0.39 is 0 Å². The number of thiophene rings is 1. The Balaban J connectivity index is 2.13. The van der Waals surface area contributed by atoms with Crippen molar-refractivity contribution in [1.29, 1.82) is 0 Å². The van der Waals surface area contributed by atoms with Crippen molar-refractivity contribution in [2.75, 3.05) is 6.54 Å². The lowest BCUT2D eigenvalue weighted by Crippen LogP contribution is -2.01. The van der Waals surface area contributed by atoms with Crippen LogP contribution in [0.15, 0.2) is 18.3 Å². The number of hydrogen-bond acceptors (Lipinski definition) is 3. The zero-order valence-electron chi connectivity index (χ0n) is 8.16. The second-order valence-corrected chi connectivity index (χ2v) is 4.95. The van der Waals surface area contributed by atoms with Crippen molar-refractivity contribution in [1.82, 2.24) is 9.97 Å². The van der Waals surface area contributed by atoms with E-state index in [9.17, 15) is 0 Å². The molecule has 0 unspecified atom stereocenters. The highest BCUT2D eigenvalue weighted by molar-refractivity contribution is 7.19. The summed E-state index contributed by atoms with van der Waals surface area (Å²) in [7, 11) is 0.